The van der Waals surface area contributed by atoms with Gasteiger partial charge in [0.15, 0.2) is 0 Å². The molecule has 8 nitrogen and oxygen atoms in total. The van der Waals surface area contributed by atoms with E-state index in [1.807, 2.05) is 40.0 Å². The highest BCUT2D eigenvalue weighted by molar-refractivity contribution is 7.21. The van der Waals surface area contributed by atoms with Gasteiger partial charge in [0.2, 0.25) is 0 Å². The lowest BCUT2D eigenvalue weighted by Gasteiger charge is -2.33. The molecule has 1 aliphatic rings. The topological polar surface area (TPSA) is 93.2 Å². The molecule has 0 saturated carbocycles. The Bertz CT molecular complexity index is 1250. The summed E-state index contributed by atoms with van der Waals surface area (Å²) < 4.78 is 3.14. The number of carbonyl (C=O) groups excluding carboxylic acids is 1. The summed E-state index contributed by atoms with van der Waals surface area (Å²) >= 11 is 1.61. The van der Waals surface area contributed by atoms with Gasteiger partial charge in [0.05, 0.1) is 28.0 Å². The van der Waals surface area contributed by atoms with E-state index in [2.05, 4.69) is 22.3 Å². The molecule has 0 spiro atoms. The quantitative estimate of drug-likeness (QED) is 0.412. The van der Waals surface area contributed by atoms with Crippen molar-refractivity contribution in [3.63, 3.8) is 0 Å². The van der Waals surface area contributed by atoms with Gasteiger partial charge in [-0.15, -0.1) is 36.2 Å². The normalized spacial score (nSPS) is 13.9. The van der Waals surface area contributed by atoms with E-state index in [1.165, 1.54) is 0 Å². The van der Waals surface area contributed by atoms with E-state index in [-0.39, 0.29) is 36.9 Å². The molecule has 4 heterocycles. The van der Waals surface area contributed by atoms with Crippen LogP contribution in [0, 0.1) is 0 Å². The van der Waals surface area contributed by atoms with Crippen LogP contribution in [0.25, 0.3) is 31.9 Å². The van der Waals surface area contributed by atoms with Crippen molar-refractivity contribution in [3.05, 3.63) is 48.9 Å². The van der Waals surface area contributed by atoms with Gasteiger partial charge in [-0.25, -0.2) is 14.8 Å². The van der Waals surface area contributed by atoms with Gasteiger partial charge in [-0.2, -0.15) is 5.10 Å². The van der Waals surface area contributed by atoms with Gasteiger partial charge in [0, 0.05) is 50.7 Å². The van der Waals surface area contributed by atoms with E-state index in [0.29, 0.717) is 5.82 Å². The molecular weight excluding hydrogens is 493 g/mol. The second-order valence-corrected chi connectivity index (χ2v) is 9.28. The fourth-order valence-electron chi connectivity index (χ4n) is 4.08. The van der Waals surface area contributed by atoms with Crippen molar-refractivity contribution in [1.29, 1.82) is 0 Å². The number of para-hydroxylation sites is 1. The van der Waals surface area contributed by atoms with Gasteiger partial charge in [-0.1, -0.05) is 12.1 Å². The zero-order valence-corrected chi connectivity index (χ0v) is 21.4. The standard InChI is InChI=1S/C23H25N7OS.2ClH/c1-28(2)23(31)29-9-7-17(8-10-29)30-14-16(13-26-30)15-11-18(21(24)25-12-15)22-27-19-5-3-4-6-20(19)32-22;;/h3-6,11-14,17H,7-10H2,1-2H3,(H2,24,25);2*1H. The summed E-state index contributed by atoms with van der Waals surface area (Å²) in [5.74, 6) is 0.470. The molecule has 11 heteroatoms. The summed E-state index contributed by atoms with van der Waals surface area (Å²) in [5.41, 5.74) is 9.95. The van der Waals surface area contributed by atoms with Crippen molar-refractivity contribution >= 4 is 58.2 Å². The number of piperidine rings is 1. The third kappa shape index (κ3) is 4.96. The van der Waals surface area contributed by atoms with Crippen LogP contribution in [-0.4, -0.2) is 62.8 Å². The Hall–Kier alpha value is -2.88. The maximum absolute atomic E-state index is 12.2. The third-order valence-corrected chi connectivity index (χ3v) is 6.94. The largest absolute Gasteiger partial charge is 0.383 e. The Morgan fingerprint density at radius 3 is 2.56 bits per heavy atom. The Balaban J connectivity index is 0.00000162. The summed E-state index contributed by atoms with van der Waals surface area (Å²) in [6.45, 7) is 1.48. The second kappa shape index (κ2) is 10.6. The lowest BCUT2D eigenvalue weighted by molar-refractivity contribution is 0.146. The number of urea groups is 1. The van der Waals surface area contributed by atoms with E-state index < -0.39 is 0 Å². The van der Waals surface area contributed by atoms with Gasteiger partial charge >= 0.3 is 6.03 Å². The minimum absolute atomic E-state index is 0. The van der Waals surface area contributed by atoms with Crippen molar-refractivity contribution in [2.75, 3.05) is 32.9 Å². The Morgan fingerprint density at radius 2 is 1.85 bits per heavy atom. The number of hydrogen-bond donors (Lipinski definition) is 1. The predicted molar refractivity (Wildman–Crippen MR) is 142 cm³/mol. The van der Waals surface area contributed by atoms with Crippen LogP contribution in [0.15, 0.2) is 48.9 Å². The fourth-order valence-corrected chi connectivity index (χ4v) is 5.07. The van der Waals surface area contributed by atoms with Crippen LogP contribution in [0.2, 0.25) is 0 Å². The molecule has 1 saturated heterocycles. The first-order valence-electron chi connectivity index (χ1n) is 10.6. The number of halogens is 2. The summed E-state index contributed by atoms with van der Waals surface area (Å²) in [6.07, 6.45) is 7.48. The number of thiazole rings is 1. The van der Waals surface area contributed by atoms with Crippen LogP contribution < -0.4 is 5.73 Å². The van der Waals surface area contributed by atoms with E-state index in [9.17, 15) is 4.79 Å². The minimum atomic E-state index is 0. The lowest BCUT2D eigenvalue weighted by Crippen LogP contribution is -2.44. The molecule has 4 aromatic rings. The lowest BCUT2D eigenvalue weighted by atomic mass is 10.1. The average molecular weight is 520 g/mol. The van der Waals surface area contributed by atoms with Crippen LogP contribution in [0.1, 0.15) is 18.9 Å². The molecule has 3 aromatic heterocycles. The number of pyridine rings is 1. The SMILES string of the molecule is CN(C)C(=O)N1CCC(n2cc(-c3cnc(N)c(-c4nc5ccccc5s4)c3)cn2)CC1.Cl.Cl. The number of nitrogens with zero attached hydrogens (tertiary/aromatic N) is 6. The summed E-state index contributed by atoms with van der Waals surface area (Å²) in [7, 11) is 3.58. The maximum atomic E-state index is 12.2. The molecule has 0 radical (unpaired) electrons. The van der Waals surface area contributed by atoms with Crippen molar-refractivity contribution in [2.24, 2.45) is 0 Å². The number of aromatic nitrogens is 4. The van der Waals surface area contributed by atoms with Crippen LogP contribution >= 0.6 is 36.2 Å². The molecule has 0 atom stereocenters. The van der Waals surface area contributed by atoms with Crippen LogP contribution in [0.4, 0.5) is 10.6 Å². The highest BCUT2D eigenvalue weighted by Crippen LogP contribution is 2.35. The molecule has 2 amide bonds. The molecule has 5 rings (SSSR count). The summed E-state index contributed by atoms with van der Waals surface area (Å²) in [6, 6.07) is 10.5. The number of nitrogens with two attached hydrogens (primary N) is 1. The number of amides is 2. The number of hydrogen-bond acceptors (Lipinski definition) is 6. The monoisotopic (exact) mass is 519 g/mol. The third-order valence-electron chi connectivity index (χ3n) is 5.87. The van der Waals surface area contributed by atoms with Gasteiger partial charge in [-0.05, 0) is 31.0 Å². The molecule has 0 aliphatic carbocycles. The van der Waals surface area contributed by atoms with E-state index in [0.717, 1.165) is 57.8 Å². The van der Waals surface area contributed by atoms with Gasteiger partial charge in [-0.3, -0.25) is 4.68 Å². The molecule has 0 bridgehead atoms. The highest BCUT2D eigenvalue weighted by Gasteiger charge is 2.25. The predicted octanol–water partition coefficient (Wildman–Crippen LogP) is 4.97. The van der Waals surface area contributed by atoms with Crippen molar-refractivity contribution in [2.45, 2.75) is 18.9 Å². The molecule has 180 valence electrons. The zero-order chi connectivity index (χ0) is 22.2. The number of rotatable bonds is 3. The number of carbonyl (C=O) groups is 1. The molecule has 1 aliphatic heterocycles. The van der Waals surface area contributed by atoms with Crippen molar-refractivity contribution in [3.8, 4) is 21.7 Å². The number of benzene rings is 1. The minimum Gasteiger partial charge on any atom is -0.383 e. The number of anilines is 1. The maximum Gasteiger partial charge on any atom is 0.319 e. The molecule has 0 unspecified atom stereocenters. The highest BCUT2D eigenvalue weighted by atomic mass is 35.5. The molecule has 2 N–H and O–H groups in total. The second-order valence-electron chi connectivity index (χ2n) is 8.25. The smallest absolute Gasteiger partial charge is 0.319 e. The summed E-state index contributed by atoms with van der Waals surface area (Å²) in [4.78, 5) is 24.9. The first kappa shape index (κ1) is 25.7. The number of fused-ring (bicyclic) bond motifs is 1. The number of nitrogen functional groups attached to an aromatic ring is 1. The van der Waals surface area contributed by atoms with Gasteiger partial charge in [0.1, 0.15) is 10.8 Å². The van der Waals surface area contributed by atoms with E-state index in [4.69, 9.17) is 10.7 Å². The van der Waals surface area contributed by atoms with E-state index >= 15 is 0 Å². The summed E-state index contributed by atoms with van der Waals surface area (Å²) in [5, 5.41) is 5.48. The molecule has 1 fully saturated rings. The Morgan fingerprint density at radius 1 is 1.12 bits per heavy atom. The van der Waals surface area contributed by atoms with E-state index in [1.54, 1.807) is 36.5 Å². The van der Waals surface area contributed by atoms with Gasteiger partial charge < -0.3 is 15.5 Å². The molecular formula is C23H27Cl2N7OS. The Labute approximate surface area is 214 Å². The van der Waals surface area contributed by atoms with Crippen LogP contribution in [0.5, 0.6) is 0 Å². The van der Waals surface area contributed by atoms with Crippen LogP contribution in [0.3, 0.4) is 0 Å². The van der Waals surface area contributed by atoms with Crippen molar-refractivity contribution < 1.29 is 4.79 Å². The zero-order valence-electron chi connectivity index (χ0n) is 18.9. The van der Waals surface area contributed by atoms with Gasteiger partial charge in [0.25, 0.3) is 0 Å². The first-order chi connectivity index (χ1) is 15.5. The Kier molecular flexibility index (Phi) is 8.01. The fraction of sp³-hybridized carbons (Fsp3) is 0.304. The number of likely N-dealkylation sites (tertiary alicyclic amines) is 1. The first-order valence-corrected chi connectivity index (χ1v) is 11.4. The molecule has 1 aromatic carbocycles. The molecule has 34 heavy (non-hydrogen) atoms. The van der Waals surface area contributed by atoms with Crippen molar-refractivity contribution in [1.82, 2.24) is 29.5 Å². The average Bonchev–Trinajstić information content (AvgIpc) is 3.46. The van der Waals surface area contributed by atoms with Crippen LogP contribution in [-0.2, 0) is 0 Å².